The van der Waals surface area contributed by atoms with Gasteiger partial charge in [-0.2, -0.15) is 11.8 Å². The van der Waals surface area contributed by atoms with Gasteiger partial charge in [-0.3, -0.25) is 4.98 Å². The van der Waals surface area contributed by atoms with Crippen molar-refractivity contribution < 1.29 is 4.42 Å². The Hall–Kier alpha value is -1.56. The van der Waals surface area contributed by atoms with Gasteiger partial charge < -0.3 is 15.1 Å². The molecule has 6 heteroatoms. The fourth-order valence-corrected chi connectivity index (χ4v) is 3.64. The van der Waals surface area contributed by atoms with Gasteiger partial charge in [0.1, 0.15) is 0 Å². The summed E-state index contributed by atoms with van der Waals surface area (Å²) in [6.45, 7) is 4.19. The average Bonchev–Trinajstić information content (AvgIpc) is 2.77. The predicted molar refractivity (Wildman–Crippen MR) is 80.0 cm³/mol. The minimum atomic E-state index is -0.438. The van der Waals surface area contributed by atoms with Gasteiger partial charge in [0.2, 0.25) is 0 Å². The maximum atomic E-state index is 11.2. The van der Waals surface area contributed by atoms with E-state index in [0.29, 0.717) is 22.0 Å². The molecule has 1 aliphatic rings. The smallest absolute Gasteiger partial charge is 0.408 e. The number of nitrogen functional groups attached to an aromatic ring is 1. The van der Waals surface area contributed by atoms with Gasteiger partial charge in [-0.05, 0) is 12.5 Å². The van der Waals surface area contributed by atoms with Crippen LogP contribution < -0.4 is 16.4 Å². The number of hydrogen-bond donors (Lipinski definition) is 2. The lowest BCUT2D eigenvalue weighted by molar-refractivity contribution is 0.555. The lowest BCUT2D eigenvalue weighted by atomic mass is 10.2. The third kappa shape index (κ3) is 2.32. The van der Waals surface area contributed by atoms with Crippen LogP contribution in [0.1, 0.15) is 13.3 Å². The van der Waals surface area contributed by atoms with Crippen LogP contribution in [0.3, 0.4) is 0 Å². The number of nitrogens with one attached hydrogen (secondary N) is 1. The molecule has 0 bridgehead atoms. The van der Waals surface area contributed by atoms with Crippen molar-refractivity contribution >= 4 is 34.2 Å². The molecule has 102 valence electrons. The van der Waals surface area contributed by atoms with Gasteiger partial charge in [-0.15, -0.1) is 0 Å². The van der Waals surface area contributed by atoms with Gasteiger partial charge in [0, 0.05) is 30.2 Å². The maximum absolute atomic E-state index is 11.2. The molecule has 1 fully saturated rings. The van der Waals surface area contributed by atoms with Crippen molar-refractivity contribution in [3.8, 4) is 0 Å². The fraction of sp³-hybridized carbons (Fsp3) is 0.462. The minimum absolute atomic E-state index is 0.438. The van der Waals surface area contributed by atoms with Crippen LogP contribution in [-0.2, 0) is 0 Å². The van der Waals surface area contributed by atoms with E-state index in [9.17, 15) is 4.79 Å². The van der Waals surface area contributed by atoms with Crippen LogP contribution in [0.5, 0.6) is 0 Å². The molecule has 3 rings (SSSR count). The molecule has 0 amide bonds. The molecule has 0 saturated carbocycles. The zero-order valence-electron chi connectivity index (χ0n) is 10.8. The van der Waals surface area contributed by atoms with Crippen LogP contribution in [0.25, 0.3) is 11.1 Å². The highest BCUT2D eigenvalue weighted by molar-refractivity contribution is 8.00. The second-order valence-corrected chi connectivity index (χ2v) is 6.18. The summed E-state index contributed by atoms with van der Waals surface area (Å²) in [4.78, 5) is 16.2. The number of H-pyrrole nitrogens is 1. The molecule has 5 nitrogen and oxygen atoms in total. The van der Waals surface area contributed by atoms with Crippen molar-refractivity contribution in [3.05, 3.63) is 22.7 Å². The van der Waals surface area contributed by atoms with Gasteiger partial charge in [-0.25, -0.2) is 4.79 Å². The number of rotatable bonds is 2. The summed E-state index contributed by atoms with van der Waals surface area (Å²) in [6, 6.07) is 3.64. The molecule has 1 aromatic heterocycles. The van der Waals surface area contributed by atoms with Crippen molar-refractivity contribution in [2.24, 2.45) is 0 Å². The summed E-state index contributed by atoms with van der Waals surface area (Å²) in [5, 5.41) is 0.646. The number of fused-ring (bicyclic) bond motifs is 1. The fourth-order valence-electron chi connectivity index (χ4n) is 2.46. The van der Waals surface area contributed by atoms with Crippen molar-refractivity contribution in [2.75, 3.05) is 29.5 Å². The highest BCUT2D eigenvalue weighted by Gasteiger charge is 2.21. The van der Waals surface area contributed by atoms with Gasteiger partial charge in [0.05, 0.1) is 16.9 Å². The number of hydrogen-bond acceptors (Lipinski definition) is 5. The van der Waals surface area contributed by atoms with Gasteiger partial charge in [0.25, 0.3) is 0 Å². The summed E-state index contributed by atoms with van der Waals surface area (Å²) in [5.41, 5.74) is 8.97. The number of thioether (sulfide) groups is 1. The number of aromatic amines is 1. The molecule has 1 aliphatic heterocycles. The zero-order valence-corrected chi connectivity index (χ0v) is 11.6. The minimum Gasteiger partial charge on any atom is -0.408 e. The summed E-state index contributed by atoms with van der Waals surface area (Å²) >= 11 is 2.02. The van der Waals surface area contributed by atoms with E-state index in [-0.39, 0.29) is 0 Å². The van der Waals surface area contributed by atoms with E-state index in [4.69, 9.17) is 10.2 Å². The van der Waals surface area contributed by atoms with Gasteiger partial charge >= 0.3 is 5.76 Å². The number of aromatic nitrogens is 1. The Morgan fingerprint density at radius 2 is 2.42 bits per heavy atom. The van der Waals surface area contributed by atoms with Crippen molar-refractivity contribution in [2.45, 2.75) is 18.6 Å². The van der Waals surface area contributed by atoms with E-state index in [1.807, 2.05) is 17.8 Å². The zero-order chi connectivity index (χ0) is 13.4. The SMILES string of the molecule is CCC1CN(c2cc3[nH]c(=O)oc3cc2N)CCS1. The Morgan fingerprint density at radius 3 is 3.21 bits per heavy atom. The first-order chi connectivity index (χ1) is 9.17. The van der Waals surface area contributed by atoms with Gasteiger partial charge in [0.15, 0.2) is 5.58 Å². The summed E-state index contributed by atoms with van der Waals surface area (Å²) in [5.74, 6) is 0.671. The van der Waals surface area contributed by atoms with Crippen molar-refractivity contribution in [1.82, 2.24) is 4.98 Å². The molecule has 2 aromatic rings. The standard InChI is InChI=1S/C13H17N3O2S/c1-2-8-7-16(3-4-19-8)11-6-10-12(5-9(11)14)18-13(17)15-10/h5-6,8H,2-4,7,14H2,1H3,(H,15,17). The molecule has 1 atom stereocenters. The van der Waals surface area contributed by atoms with E-state index in [1.54, 1.807) is 6.07 Å². The predicted octanol–water partition coefficient (Wildman–Crippen LogP) is 2.04. The molecule has 0 aliphatic carbocycles. The third-order valence-corrected chi connectivity index (χ3v) is 4.88. The largest absolute Gasteiger partial charge is 0.417 e. The van der Waals surface area contributed by atoms with Crippen LogP contribution in [0.2, 0.25) is 0 Å². The number of benzene rings is 1. The molecular weight excluding hydrogens is 262 g/mol. The first-order valence-corrected chi connectivity index (χ1v) is 7.51. The number of anilines is 2. The van der Waals surface area contributed by atoms with E-state index >= 15 is 0 Å². The molecular formula is C13H17N3O2S. The average molecular weight is 279 g/mol. The van der Waals surface area contributed by atoms with E-state index < -0.39 is 5.76 Å². The first kappa shape index (κ1) is 12.5. The molecule has 1 saturated heterocycles. The normalized spacial score (nSPS) is 20.1. The Labute approximate surface area is 115 Å². The maximum Gasteiger partial charge on any atom is 0.417 e. The Bertz CT molecular complexity index is 649. The third-order valence-electron chi connectivity index (χ3n) is 3.50. The van der Waals surface area contributed by atoms with E-state index in [0.717, 1.165) is 31.0 Å². The van der Waals surface area contributed by atoms with Crippen LogP contribution in [-0.4, -0.2) is 29.1 Å². The van der Waals surface area contributed by atoms with Crippen LogP contribution in [0, 0.1) is 0 Å². The Kier molecular flexibility index (Phi) is 3.18. The topological polar surface area (TPSA) is 75.3 Å². The second kappa shape index (κ2) is 4.85. The molecule has 1 unspecified atom stereocenters. The second-order valence-electron chi connectivity index (χ2n) is 4.77. The molecule has 19 heavy (non-hydrogen) atoms. The van der Waals surface area contributed by atoms with Gasteiger partial charge in [-0.1, -0.05) is 6.92 Å². The molecule has 1 aromatic carbocycles. The quantitative estimate of drug-likeness (QED) is 0.823. The Balaban J connectivity index is 1.99. The first-order valence-electron chi connectivity index (χ1n) is 6.46. The monoisotopic (exact) mass is 279 g/mol. The Morgan fingerprint density at radius 1 is 1.58 bits per heavy atom. The molecule has 0 radical (unpaired) electrons. The van der Waals surface area contributed by atoms with Crippen molar-refractivity contribution in [3.63, 3.8) is 0 Å². The molecule has 3 N–H and O–H groups in total. The number of oxazole rings is 1. The number of nitrogens with two attached hydrogens (primary N) is 1. The summed E-state index contributed by atoms with van der Waals surface area (Å²) in [6.07, 6.45) is 1.16. The highest BCUT2D eigenvalue weighted by Crippen LogP contribution is 2.32. The van der Waals surface area contributed by atoms with Crippen LogP contribution in [0.15, 0.2) is 21.3 Å². The molecule has 0 spiro atoms. The summed E-state index contributed by atoms with van der Waals surface area (Å²) < 4.78 is 5.02. The van der Waals surface area contributed by atoms with Crippen molar-refractivity contribution in [1.29, 1.82) is 0 Å². The lowest BCUT2D eigenvalue weighted by Gasteiger charge is -2.34. The van der Waals surface area contributed by atoms with Crippen LogP contribution >= 0.6 is 11.8 Å². The van der Waals surface area contributed by atoms with E-state index in [1.165, 1.54) is 0 Å². The lowest BCUT2D eigenvalue weighted by Crippen LogP contribution is -2.38. The van der Waals surface area contributed by atoms with Crippen LogP contribution in [0.4, 0.5) is 11.4 Å². The molecule has 2 heterocycles. The number of nitrogens with zero attached hydrogens (tertiary/aromatic N) is 1. The van der Waals surface area contributed by atoms with E-state index in [2.05, 4.69) is 16.8 Å². The highest BCUT2D eigenvalue weighted by atomic mass is 32.2. The summed E-state index contributed by atoms with van der Waals surface area (Å²) in [7, 11) is 0.